The minimum absolute atomic E-state index is 0.105. The number of Topliss-reactive ketones (excluding diaryl/α,β-unsaturated/α-hetero) is 1. The number of hydrogen-bond acceptors (Lipinski definition) is 6. The summed E-state index contributed by atoms with van der Waals surface area (Å²) in [6.45, 7) is 8.66. The molecule has 1 N–H and O–H groups in total. The lowest BCUT2D eigenvalue weighted by Crippen LogP contribution is -2.51. The highest BCUT2D eigenvalue weighted by Gasteiger charge is 2.43. The van der Waals surface area contributed by atoms with Crippen molar-refractivity contribution >= 4 is 30.0 Å². The molecular weight excluding hydrogens is 486 g/mol. The Kier molecular flexibility index (Phi) is 8.43. The maximum Gasteiger partial charge on any atom is 0.410 e. The van der Waals surface area contributed by atoms with Crippen molar-refractivity contribution in [3.63, 3.8) is 0 Å². The third kappa shape index (κ3) is 6.37. The Morgan fingerprint density at radius 3 is 2.71 bits per heavy atom. The molecule has 3 aliphatic rings. The minimum Gasteiger partial charge on any atom is -0.449 e. The Hall–Kier alpha value is -3.36. The van der Waals surface area contributed by atoms with Crippen LogP contribution in [0.1, 0.15) is 76.5 Å². The van der Waals surface area contributed by atoms with Crippen LogP contribution in [0.15, 0.2) is 24.3 Å². The molecule has 4 rings (SSSR count). The number of rotatable bonds is 3. The van der Waals surface area contributed by atoms with E-state index in [1.165, 1.54) is 11.8 Å². The third-order valence-corrected chi connectivity index (χ3v) is 7.61. The van der Waals surface area contributed by atoms with E-state index in [1.54, 1.807) is 4.90 Å². The number of carbonyl (C=O) groups excluding carboxylic acids is 4. The lowest BCUT2D eigenvalue weighted by molar-refractivity contribution is -0.138. The predicted molar refractivity (Wildman–Crippen MR) is 142 cm³/mol. The molecule has 3 amide bonds. The topological polar surface area (TPSA) is 105 Å². The summed E-state index contributed by atoms with van der Waals surface area (Å²) in [5.41, 5.74) is 2.99. The summed E-state index contributed by atoms with van der Waals surface area (Å²) in [5.74, 6) is -0.542. The van der Waals surface area contributed by atoms with Gasteiger partial charge in [-0.1, -0.05) is 57.5 Å². The van der Waals surface area contributed by atoms with E-state index in [-0.39, 0.29) is 36.7 Å². The van der Waals surface area contributed by atoms with Crippen LogP contribution in [0.2, 0.25) is 0 Å². The first-order valence-electron chi connectivity index (χ1n) is 13.5. The number of amides is 3. The van der Waals surface area contributed by atoms with E-state index in [9.17, 15) is 19.2 Å². The first-order valence-corrected chi connectivity index (χ1v) is 13.5. The molecule has 9 heteroatoms. The summed E-state index contributed by atoms with van der Waals surface area (Å²) in [6.07, 6.45) is 5.38. The van der Waals surface area contributed by atoms with E-state index >= 15 is 0 Å². The number of alkyl carbamates (subject to hydrolysis) is 1. The van der Waals surface area contributed by atoms with Gasteiger partial charge in [-0.2, -0.15) is 0 Å². The van der Waals surface area contributed by atoms with Gasteiger partial charge in [0.1, 0.15) is 12.1 Å². The molecule has 3 atom stereocenters. The number of ketones is 1. The standard InChI is InChI=1S/C29H39N3O6/c1-5-9-24-26(34)32-16-22(14-25(32)19(2)33)38-28(36)31-15-21-12-8-11-20(23(21)17-31)10-6-7-13-29(3,4)18-37-27(35)30-24/h6,8,10-12,22,24-25H,5,7,9,13-18H2,1-4H3,(H,30,35)/b10-6+/t22-,24+,25?/m1/s1. The molecule has 3 heterocycles. The SMILES string of the molecule is CCC[C@@H]1NC(=O)OCC(C)(C)CC/C=C/c2cccc3c2CN(C3)C(=O)O[C@@H]2CC(C(C)=O)N(C2)C1=O. The highest BCUT2D eigenvalue weighted by molar-refractivity contribution is 5.92. The fourth-order valence-electron chi connectivity index (χ4n) is 5.41. The van der Waals surface area contributed by atoms with E-state index < -0.39 is 30.4 Å². The molecule has 1 unspecified atom stereocenters. The van der Waals surface area contributed by atoms with Crippen molar-refractivity contribution in [2.75, 3.05) is 13.2 Å². The summed E-state index contributed by atoms with van der Waals surface area (Å²) >= 11 is 0. The van der Waals surface area contributed by atoms with Gasteiger partial charge in [0.15, 0.2) is 5.78 Å². The average Bonchev–Trinajstić information content (AvgIpc) is 3.49. The maximum atomic E-state index is 13.5. The molecular formula is C29H39N3O6. The van der Waals surface area contributed by atoms with Crippen molar-refractivity contribution in [2.45, 2.75) is 91.1 Å². The lowest BCUT2D eigenvalue weighted by Gasteiger charge is -2.28. The zero-order valence-corrected chi connectivity index (χ0v) is 22.8. The van der Waals surface area contributed by atoms with Crippen molar-refractivity contribution in [1.29, 1.82) is 0 Å². The van der Waals surface area contributed by atoms with Gasteiger partial charge in [-0.15, -0.1) is 0 Å². The van der Waals surface area contributed by atoms with Crippen LogP contribution in [0.3, 0.4) is 0 Å². The van der Waals surface area contributed by atoms with Crippen molar-refractivity contribution < 1.29 is 28.7 Å². The third-order valence-electron chi connectivity index (χ3n) is 7.61. The number of ether oxygens (including phenoxy) is 2. The molecule has 206 valence electrons. The summed E-state index contributed by atoms with van der Waals surface area (Å²) in [6, 6.07) is 4.52. The molecule has 38 heavy (non-hydrogen) atoms. The summed E-state index contributed by atoms with van der Waals surface area (Å²) in [7, 11) is 0. The van der Waals surface area contributed by atoms with E-state index in [0.717, 1.165) is 29.5 Å². The largest absolute Gasteiger partial charge is 0.449 e. The van der Waals surface area contributed by atoms with E-state index in [2.05, 4.69) is 17.5 Å². The first kappa shape index (κ1) is 27.7. The molecule has 0 aliphatic carbocycles. The summed E-state index contributed by atoms with van der Waals surface area (Å²) < 4.78 is 11.3. The van der Waals surface area contributed by atoms with Crippen LogP contribution in [0.4, 0.5) is 9.59 Å². The van der Waals surface area contributed by atoms with Gasteiger partial charge in [0, 0.05) is 13.0 Å². The van der Waals surface area contributed by atoms with Gasteiger partial charge in [0.25, 0.3) is 0 Å². The number of allylic oxidation sites excluding steroid dienone is 1. The zero-order chi connectivity index (χ0) is 27.4. The number of carbonyl (C=O) groups is 4. The monoisotopic (exact) mass is 525 g/mol. The Labute approximate surface area is 224 Å². The molecule has 3 aliphatic heterocycles. The molecule has 9 nitrogen and oxygen atoms in total. The fourth-order valence-corrected chi connectivity index (χ4v) is 5.41. The highest BCUT2D eigenvalue weighted by Crippen LogP contribution is 2.30. The minimum atomic E-state index is -0.827. The molecule has 0 aromatic heterocycles. The Bertz CT molecular complexity index is 1110. The van der Waals surface area contributed by atoms with E-state index in [4.69, 9.17) is 9.47 Å². The van der Waals surface area contributed by atoms with Crippen LogP contribution in [0.5, 0.6) is 0 Å². The highest BCUT2D eigenvalue weighted by atomic mass is 16.6. The summed E-state index contributed by atoms with van der Waals surface area (Å²) in [5, 5.41) is 2.71. The van der Waals surface area contributed by atoms with Crippen LogP contribution in [-0.4, -0.2) is 65.0 Å². The van der Waals surface area contributed by atoms with Crippen LogP contribution in [0.25, 0.3) is 6.08 Å². The second-order valence-electron chi connectivity index (χ2n) is 11.4. The molecule has 1 fully saturated rings. The average molecular weight is 526 g/mol. The van der Waals surface area contributed by atoms with Gasteiger partial charge >= 0.3 is 12.2 Å². The number of fused-ring (bicyclic) bond motifs is 3. The van der Waals surface area contributed by atoms with Crippen molar-refractivity contribution in [1.82, 2.24) is 15.1 Å². The van der Waals surface area contributed by atoms with Gasteiger partial charge in [0.2, 0.25) is 5.91 Å². The second kappa shape index (κ2) is 11.6. The molecule has 1 aromatic rings. The lowest BCUT2D eigenvalue weighted by atomic mass is 9.88. The van der Waals surface area contributed by atoms with E-state index in [0.29, 0.717) is 25.9 Å². The van der Waals surface area contributed by atoms with Gasteiger partial charge in [-0.25, -0.2) is 9.59 Å². The van der Waals surface area contributed by atoms with Gasteiger partial charge < -0.3 is 19.7 Å². The quantitative estimate of drug-likeness (QED) is 0.626. The number of hydrogen-bond donors (Lipinski definition) is 1. The van der Waals surface area contributed by atoms with Crippen LogP contribution in [-0.2, 0) is 32.2 Å². The van der Waals surface area contributed by atoms with Crippen molar-refractivity contribution in [3.8, 4) is 0 Å². The molecule has 0 saturated carbocycles. The smallest absolute Gasteiger partial charge is 0.410 e. The zero-order valence-electron chi connectivity index (χ0n) is 22.8. The first-order chi connectivity index (χ1) is 18.1. The van der Waals surface area contributed by atoms with Crippen molar-refractivity contribution in [2.24, 2.45) is 5.41 Å². The normalized spacial score (nSPS) is 26.8. The predicted octanol–water partition coefficient (Wildman–Crippen LogP) is 4.43. The number of benzene rings is 1. The molecule has 1 aromatic carbocycles. The maximum absolute atomic E-state index is 13.5. The van der Waals surface area contributed by atoms with E-state index in [1.807, 2.05) is 39.0 Å². The molecule has 4 bridgehead atoms. The fraction of sp³-hybridized carbons (Fsp3) is 0.586. The molecule has 0 radical (unpaired) electrons. The number of nitrogens with one attached hydrogen (secondary N) is 1. The second-order valence-corrected chi connectivity index (χ2v) is 11.4. The van der Waals surface area contributed by atoms with Gasteiger partial charge in [0.05, 0.1) is 25.7 Å². The summed E-state index contributed by atoms with van der Waals surface area (Å²) in [4.78, 5) is 54.9. The Morgan fingerprint density at radius 2 is 1.97 bits per heavy atom. The molecule has 1 saturated heterocycles. The number of cyclic esters (lactones) is 1. The number of nitrogens with zero attached hydrogens (tertiary/aromatic N) is 2. The van der Waals surface area contributed by atoms with Gasteiger partial charge in [-0.05, 0) is 48.3 Å². The Balaban J connectivity index is 1.60. The Morgan fingerprint density at radius 1 is 1.18 bits per heavy atom. The van der Waals surface area contributed by atoms with Crippen LogP contribution in [0, 0.1) is 5.41 Å². The van der Waals surface area contributed by atoms with Crippen LogP contribution < -0.4 is 5.32 Å². The van der Waals surface area contributed by atoms with Crippen LogP contribution >= 0.6 is 0 Å². The van der Waals surface area contributed by atoms with Gasteiger partial charge in [-0.3, -0.25) is 14.5 Å². The van der Waals surface area contributed by atoms with Crippen molar-refractivity contribution in [3.05, 3.63) is 41.0 Å². The molecule has 0 spiro atoms.